The number of carbonyl (C=O) groups excluding carboxylic acids is 1. The van der Waals surface area contributed by atoms with Crippen LogP contribution in [0.4, 0.5) is 0 Å². The Morgan fingerprint density at radius 2 is 1.68 bits per heavy atom. The maximum absolute atomic E-state index is 12.6. The molecule has 1 N–H and O–H groups in total. The van der Waals surface area contributed by atoms with Crippen LogP contribution in [0, 0.1) is 12.3 Å². The molecular weight excluding hydrogens is 431 g/mol. The molecule has 0 aliphatic rings. The number of ketones is 1. The molecular formula is C25H22Cl2N2O2. The molecule has 4 rings (SSSR count). The van der Waals surface area contributed by atoms with Crippen LogP contribution in [0.25, 0.3) is 33.6 Å². The van der Waals surface area contributed by atoms with Gasteiger partial charge in [0.25, 0.3) is 0 Å². The van der Waals surface area contributed by atoms with Crippen molar-refractivity contribution in [3.05, 3.63) is 76.2 Å². The van der Waals surface area contributed by atoms with Crippen LogP contribution < -0.4 is 0 Å². The van der Waals surface area contributed by atoms with Crippen molar-refractivity contribution in [2.24, 2.45) is 5.41 Å². The minimum absolute atomic E-state index is 0.0490. The summed E-state index contributed by atoms with van der Waals surface area (Å²) in [6.07, 6.45) is 1.78. The van der Waals surface area contributed by atoms with E-state index in [4.69, 9.17) is 27.6 Å². The lowest BCUT2D eigenvalue weighted by atomic mass is 9.89. The van der Waals surface area contributed by atoms with E-state index in [0.29, 0.717) is 21.6 Å². The maximum atomic E-state index is 12.6. The number of nitrogens with zero attached hydrogens (tertiary/aromatic N) is 1. The minimum Gasteiger partial charge on any atom is -0.453 e. The second-order valence-corrected chi connectivity index (χ2v) is 9.38. The SMILES string of the molecule is Cc1[nH]ncc1-c1ccc(-c2cc(Cl)ccc2-c2ccc(C(=O)C(C)(C)C)o2)c(Cl)c1. The summed E-state index contributed by atoms with van der Waals surface area (Å²) >= 11 is 13.0. The number of benzene rings is 2. The Hall–Kier alpha value is -2.82. The number of rotatable bonds is 4. The van der Waals surface area contributed by atoms with Crippen molar-refractivity contribution in [3.63, 3.8) is 0 Å². The molecule has 158 valence electrons. The summed E-state index contributed by atoms with van der Waals surface area (Å²) in [5.41, 5.74) is 4.88. The van der Waals surface area contributed by atoms with E-state index in [1.54, 1.807) is 18.3 Å². The number of Topliss-reactive ketones (excluding diaryl/α,β-unsaturated/α-hetero) is 1. The van der Waals surface area contributed by atoms with Gasteiger partial charge in [-0.3, -0.25) is 9.89 Å². The van der Waals surface area contributed by atoms with E-state index in [1.807, 2.05) is 64.1 Å². The average Bonchev–Trinajstić information content (AvgIpc) is 3.36. The molecule has 2 heterocycles. The van der Waals surface area contributed by atoms with Gasteiger partial charge in [-0.1, -0.05) is 56.1 Å². The van der Waals surface area contributed by atoms with Crippen LogP contribution in [0.15, 0.2) is 59.1 Å². The number of nitrogens with one attached hydrogen (secondary N) is 1. The molecule has 4 aromatic rings. The quantitative estimate of drug-likeness (QED) is 0.320. The molecule has 0 aliphatic carbocycles. The molecule has 31 heavy (non-hydrogen) atoms. The average molecular weight is 453 g/mol. The summed E-state index contributed by atoms with van der Waals surface area (Å²) in [5, 5.41) is 8.19. The number of H-pyrrole nitrogens is 1. The predicted octanol–water partition coefficient (Wildman–Crippen LogP) is 7.85. The molecule has 0 spiro atoms. The highest BCUT2D eigenvalue weighted by molar-refractivity contribution is 6.34. The van der Waals surface area contributed by atoms with Gasteiger partial charge in [-0.05, 0) is 54.4 Å². The van der Waals surface area contributed by atoms with Crippen LogP contribution >= 0.6 is 23.2 Å². The van der Waals surface area contributed by atoms with Gasteiger partial charge in [0.05, 0.1) is 6.20 Å². The second kappa shape index (κ2) is 8.03. The molecule has 0 saturated carbocycles. The summed E-state index contributed by atoms with van der Waals surface area (Å²) in [6, 6.07) is 14.9. The van der Waals surface area contributed by atoms with E-state index in [9.17, 15) is 4.79 Å². The highest BCUT2D eigenvalue weighted by atomic mass is 35.5. The smallest absolute Gasteiger partial charge is 0.203 e. The lowest BCUT2D eigenvalue weighted by molar-refractivity contribution is 0.0829. The predicted molar refractivity (Wildman–Crippen MR) is 126 cm³/mol. The number of aromatic nitrogens is 2. The van der Waals surface area contributed by atoms with Crippen LogP contribution in [-0.2, 0) is 0 Å². The van der Waals surface area contributed by atoms with E-state index >= 15 is 0 Å². The van der Waals surface area contributed by atoms with Crippen LogP contribution in [-0.4, -0.2) is 16.0 Å². The summed E-state index contributed by atoms with van der Waals surface area (Å²) in [6.45, 7) is 7.57. The summed E-state index contributed by atoms with van der Waals surface area (Å²) < 4.78 is 5.95. The minimum atomic E-state index is -0.525. The Morgan fingerprint density at radius 3 is 2.32 bits per heavy atom. The highest BCUT2D eigenvalue weighted by Gasteiger charge is 2.26. The highest BCUT2D eigenvalue weighted by Crippen LogP contribution is 2.40. The lowest BCUT2D eigenvalue weighted by Gasteiger charge is -2.14. The van der Waals surface area contributed by atoms with E-state index in [1.165, 1.54) is 0 Å². The Bertz CT molecular complexity index is 1280. The number of hydrogen-bond donors (Lipinski definition) is 1. The number of aryl methyl sites for hydroxylation is 1. The Labute approximate surface area is 191 Å². The first-order valence-electron chi connectivity index (χ1n) is 9.90. The Balaban J connectivity index is 1.79. The molecule has 0 unspecified atom stereocenters. The maximum Gasteiger partial charge on any atom is 0.203 e. The van der Waals surface area contributed by atoms with E-state index < -0.39 is 5.41 Å². The molecule has 0 amide bonds. The van der Waals surface area contributed by atoms with Crippen LogP contribution in [0.1, 0.15) is 37.0 Å². The Morgan fingerprint density at radius 1 is 0.935 bits per heavy atom. The first-order chi connectivity index (χ1) is 14.6. The topological polar surface area (TPSA) is 58.9 Å². The van der Waals surface area contributed by atoms with Gasteiger partial charge in [-0.15, -0.1) is 0 Å². The van der Waals surface area contributed by atoms with Crippen molar-refractivity contribution < 1.29 is 9.21 Å². The number of aromatic amines is 1. The van der Waals surface area contributed by atoms with Gasteiger partial charge in [0, 0.05) is 37.8 Å². The van der Waals surface area contributed by atoms with Gasteiger partial charge in [-0.2, -0.15) is 5.10 Å². The number of hydrogen-bond acceptors (Lipinski definition) is 3. The zero-order valence-corrected chi connectivity index (χ0v) is 19.2. The number of carbonyl (C=O) groups is 1. The molecule has 0 atom stereocenters. The van der Waals surface area contributed by atoms with Gasteiger partial charge < -0.3 is 4.42 Å². The normalized spacial score (nSPS) is 11.7. The molecule has 0 bridgehead atoms. The van der Waals surface area contributed by atoms with Crippen molar-refractivity contribution in [1.29, 1.82) is 0 Å². The Kier molecular flexibility index (Phi) is 5.54. The molecule has 2 aromatic carbocycles. The largest absolute Gasteiger partial charge is 0.453 e. The summed E-state index contributed by atoms with van der Waals surface area (Å²) in [4.78, 5) is 12.6. The van der Waals surface area contributed by atoms with Gasteiger partial charge in [0.1, 0.15) is 5.76 Å². The van der Waals surface area contributed by atoms with Gasteiger partial charge >= 0.3 is 0 Å². The number of halogens is 2. The molecule has 0 saturated heterocycles. The van der Waals surface area contributed by atoms with Crippen molar-refractivity contribution in [1.82, 2.24) is 10.2 Å². The van der Waals surface area contributed by atoms with E-state index in [0.717, 1.165) is 33.5 Å². The third kappa shape index (κ3) is 4.18. The van der Waals surface area contributed by atoms with E-state index in [-0.39, 0.29) is 5.78 Å². The monoisotopic (exact) mass is 452 g/mol. The molecule has 4 nitrogen and oxygen atoms in total. The van der Waals surface area contributed by atoms with E-state index in [2.05, 4.69) is 10.2 Å². The molecule has 0 radical (unpaired) electrons. The van der Waals surface area contributed by atoms with Crippen molar-refractivity contribution in [2.75, 3.05) is 0 Å². The van der Waals surface area contributed by atoms with Gasteiger partial charge in [-0.25, -0.2) is 0 Å². The van der Waals surface area contributed by atoms with Crippen LogP contribution in [0.2, 0.25) is 10.0 Å². The van der Waals surface area contributed by atoms with Crippen LogP contribution in [0.3, 0.4) is 0 Å². The molecule has 6 heteroatoms. The molecule has 2 aromatic heterocycles. The molecule has 0 aliphatic heterocycles. The third-order valence-corrected chi connectivity index (χ3v) is 5.71. The fraction of sp³-hybridized carbons (Fsp3) is 0.200. The van der Waals surface area contributed by atoms with Gasteiger partial charge in [0.2, 0.25) is 5.78 Å². The summed E-state index contributed by atoms with van der Waals surface area (Å²) in [5.74, 6) is 0.873. The first kappa shape index (κ1) is 21.4. The zero-order valence-electron chi connectivity index (χ0n) is 17.7. The lowest BCUT2D eigenvalue weighted by Crippen LogP contribution is -2.19. The zero-order chi connectivity index (χ0) is 22.3. The van der Waals surface area contributed by atoms with Crippen molar-refractivity contribution in [2.45, 2.75) is 27.7 Å². The van der Waals surface area contributed by atoms with Gasteiger partial charge in [0.15, 0.2) is 5.76 Å². The van der Waals surface area contributed by atoms with Crippen molar-refractivity contribution >= 4 is 29.0 Å². The number of furan rings is 1. The van der Waals surface area contributed by atoms with Crippen molar-refractivity contribution in [3.8, 4) is 33.6 Å². The second-order valence-electron chi connectivity index (χ2n) is 8.54. The summed E-state index contributed by atoms with van der Waals surface area (Å²) in [7, 11) is 0. The van der Waals surface area contributed by atoms with Crippen LogP contribution in [0.5, 0.6) is 0 Å². The standard InChI is InChI=1S/C25H22Cl2N2O2/c1-14-20(13-28-29-14)15-5-7-17(21(27)11-15)19-12-16(26)6-8-18(19)22-9-10-23(31-22)24(30)25(2,3)4/h5-13H,1-4H3,(H,28,29). The third-order valence-electron chi connectivity index (χ3n) is 5.16. The fourth-order valence-corrected chi connectivity index (χ4v) is 3.93. The fourth-order valence-electron chi connectivity index (χ4n) is 3.47. The first-order valence-corrected chi connectivity index (χ1v) is 10.7. The molecule has 0 fully saturated rings.